The molecule has 6 aromatic heterocycles. The van der Waals surface area contributed by atoms with Crippen LogP contribution in [0.2, 0.25) is 0 Å². The highest BCUT2D eigenvalue weighted by molar-refractivity contribution is 7.94. The Morgan fingerprint density at radius 1 is 0.710 bits per heavy atom. The molecule has 20 nitrogen and oxygen atoms in total. The molecule has 0 atom stereocenters. The van der Waals surface area contributed by atoms with E-state index in [1.807, 2.05) is 0 Å². The van der Waals surface area contributed by atoms with Gasteiger partial charge in [0.15, 0.2) is 22.3 Å². The van der Waals surface area contributed by atoms with Gasteiger partial charge in [-0.25, -0.2) is 40.5 Å². The topological polar surface area (TPSA) is 218 Å². The van der Waals surface area contributed by atoms with E-state index in [0.717, 1.165) is 9.87 Å². The Labute approximate surface area is 354 Å². The fourth-order valence-corrected chi connectivity index (χ4v) is 10.4. The van der Waals surface area contributed by atoms with Gasteiger partial charge in [0, 0.05) is 51.5 Å². The Morgan fingerprint density at radius 3 is 1.89 bits per heavy atom. The summed E-state index contributed by atoms with van der Waals surface area (Å²) in [6, 6.07) is 17.1. The molecule has 0 aliphatic carbocycles. The number of ether oxygens (including phenoxy) is 4. The van der Waals surface area contributed by atoms with Gasteiger partial charge in [-0.2, -0.15) is 15.3 Å². The number of sulfonamides is 2. The minimum atomic E-state index is -4.81. The van der Waals surface area contributed by atoms with Crippen molar-refractivity contribution in [2.75, 3.05) is 49.7 Å². The minimum absolute atomic E-state index is 0.0597. The fourth-order valence-electron chi connectivity index (χ4n) is 7.75. The van der Waals surface area contributed by atoms with Crippen LogP contribution in [-0.4, -0.2) is 107 Å². The molecule has 2 saturated heterocycles. The maximum atomic E-state index is 15.5. The highest BCUT2D eigenvalue weighted by Gasteiger charge is 2.43. The van der Waals surface area contributed by atoms with Crippen molar-refractivity contribution in [3.63, 3.8) is 0 Å². The van der Waals surface area contributed by atoms with Crippen LogP contribution in [-0.2, 0) is 64.3 Å². The minimum Gasteiger partial charge on any atom is -0.375 e. The summed E-state index contributed by atoms with van der Waals surface area (Å²) >= 11 is 0. The largest absolute Gasteiger partial charge is 0.375 e. The number of benzene rings is 2. The van der Waals surface area contributed by atoms with Crippen LogP contribution in [0.5, 0.6) is 0 Å². The van der Waals surface area contributed by atoms with Crippen molar-refractivity contribution in [1.29, 1.82) is 0 Å². The maximum absolute atomic E-state index is 15.5. The van der Waals surface area contributed by atoms with E-state index in [2.05, 4.69) is 30.0 Å². The van der Waals surface area contributed by atoms with Crippen molar-refractivity contribution in [3.8, 4) is 11.6 Å². The van der Waals surface area contributed by atoms with E-state index < -0.39 is 42.0 Å². The lowest BCUT2D eigenvalue weighted by atomic mass is 9.92. The van der Waals surface area contributed by atoms with Gasteiger partial charge in [-0.15, -0.1) is 5.10 Å². The fraction of sp³-hybridized carbons (Fsp3) is 0.250. The van der Waals surface area contributed by atoms with Gasteiger partial charge in [0.05, 0.1) is 79.8 Å². The number of hydrogen-bond donors (Lipinski definition) is 1. The van der Waals surface area contributed by atoms with Crippen molar-refractivity contribution in [2.45, 2.75) is 21.0 Å². The smallest absolute Gasteiger partial charge is 0.273 e. The average molecular weight is 879 g/mol. The summed E-state index contributed by atoms with van der Waals surface area (Å²) < 4.78 is 92.6. The number of anilines is 3. The molecule has 8 aromatic rings. The third-order valence-corrected chi connectivity index (χ3v) is 14.4. The summed E-state index contributed by atoms with van der Waals surface area (Å²) in [5.41, 5.74) is 1.18. The monoisotopic (exact) mass is 878 g/mol. The quantitative estimate of drug-likeness (QED) is 0.175. The van der Waals surface area contributed by atoms with Crippen LogP contribution in [0.1, 0.15) is 11.1 Å². The number of fused-ring (bicyclic) bond motifs is 2. The maximum Gasteiger partial charge on any atom is 0.273 e. The SMILES string of the molecule is COC1(c2ccnc(-n3cc(S(=O)(=O)N(c4nn(-c5cc(C6(OC)COC6)ccn5)cc4S(=O)(=O)Nc4cccc5cnn(C)c45)c4cccc5cnn(C)c45)cn3)c2)COC1. The Hall–Kier alpha value is -6.56. The molecule has 2 aliphatic heterocycles. The third-order valence-electron chi connectivity index (χ3n) is 11.3. The molecular formula is C40H38N12O8S2. The molecule has 0 spiro atoms. The lowest BCUT2D eigenvalue weighted by Gasteiger charge is -2.40. The van der Waals surface area contributed by atoms with E-state index in [1.165, 1.54) is 38.8 Å². The first-order valence-electron chi connectivity index (χ1n) is 19.1. The number of hydrogen-bond acceptors (Lipinski definition) is 14. The van der Waals surface area contributed by atoms with E-state index in [-0.39, 0.29) is 35.3 Å². The van der Waals surface area contributed by atoms with Crippen LogP contribution in [0.25, 0.3) is 33.4 Å². The van der Waals surface area contributed by atoms with Crippen molar-refractivity contribution in [1.82, 2.24) is 49.1 Å². The molecule has 0 unspecified atom stereocenters. The van der Waals surface area contributed by atoms with E-state index in [0.29, 0.717) is 46.4 Å². The van der Waals surface area contributed by atoms with Gasteiger partial charge in [0.25, 0.3) is 20.0 Å². The van der Waals surface area contributed by atoms with Crippen LogP contribution < -0.4 is 9.03 Å². The van der Waals surface area contributed by atoms with Crippen molar-refractivity contribution < 1.29 is 35.8 Å². The Balaban J connectivity index is 1.17. The second kappa shape index (κ2) is 14.5. The van der Waals surface area contributed by atoms with Crippen LogP contribution in [0.15, 0.2) is 114 Å². The molecule has 0 saturated carbocycles. The van der Waals surface area contributed by atoms with Crippen molar-refractivity contribution in [2.24, 2.45) is 14.1 Å². The van der Waals surface area contributed by atoms with E-state index >= 15 is 8.42 Å². The number of nitrogens with one attached hydrogen (secondary N) is 1. The molecule has 1 N–H and O–H groups in total. The number of pyridine rings is 2. The first-order chi connectivity index (χ1) is 29.9. The molecule has 62 heavy (non-hydrogen) atoms. The van der Waals surface area contributed by atoms with Gasteiger partial charge in [-0.05, 0) is 47.5 Å². The number of para-hydroxylation sites is 2. The summed E-state index contributed by atoms with van der Waals surface area (Å²) in [6.45, 7) is 1.25. The second-order valence-electron chi connectivity index (χ2n) is 14.9. The molecule has 318 valence electrons. The Bertz CT molecular complexity index is 3250. The molecule has 0 bridgehead atoms. The molecule has 2 fully saturated rings. The number of aromatic nitrogens is 10. The molecule has 22 heteroatoms. The van der Waals surface area contributed by atoms with Gasteiger partial charge < -0.3 is 18.9 Å². The van der Waals surface area contributed by atoms with E-state index in [9.17, 15) is 8.42 Å². The number of methoxy groups -OCH3 is 2. The van der Waals surface area contributed by atoms with E-state index in [1.54, 1.807) is 112 Å². The first-order valence-corrected chi connectivity index (χ1v) is 22.0. The van der Waals surface area contributed by atoms with Crippen LogP contribution >= 0.6 is 0 Å². The molecule has 8 heterocycles. The summed E-state index contributed by atoms with van der Waals surface area (Å²) in [5.74, 6) is 0.0250. The summed E-state index contributed by atoms with van der Waals surface area (Å²) in [4.78, 5) is 8.19. The zero-order valence-corrected chi connectivity index (χ0v) is 35.3. The lowest BCUT2D eigenvalue weighted by Crippen LogP contribution is -2.48. The normalized spacial score (nSPS) is 16.0. The van der Waals surface area contributed by atoms with Gasteiger partial charge in [0.1, 0.15) is 16.1 Å². The van der Waals surface area contributed by atoms with Crippen molar-refractivity contribution in [3.05, 3.63) is 115 Å². The molecular weight excluding hydrogens is 841 g/mol. The third kappa shape index (κ3) is 6.24. The molecule has 0 radical (unpaired) electrons. The summed E-state index contributed by atoms with van der Waals surface area (Å²) in [5, 5.41) is 19.1. The van der Waals surface area contributed by atoms with Gasteiger partial charge in [0.2, 0.25) is 0 Å². The predicted octanol–water partition coefficient (Wildman–Crippen LogP) is 3.69. The summed E-state index contributed by atoms with van der Waals surface area (Å²) in [6.07, 6.45) is 10.0. The van der Waals surface area contributed by atoms with Gasteiger partial charge >= 0.3 is 0 Å². The second-order valence-corrected chi connectivity index (χ2v) is 18.4. The Kier molecular flexibility index (Phi) is 9.27. The highest BCUT2D eigenvalue weighted by Crippen LogP contribution is 2.41. The average Bonchev–Trinajstić information content (AvgIpc) is 4.06. The molecule has 2 aromatic carbocycles. The zero-order chi connectivity index (χ0) is 43.0. The zero-order valence-electron chi connectivity index (χ0n) is 33.6. The van der Waals surface area contributed by atoms with Crippen LogP contribution in [0, 0.1) is 0 Å². The number of nitrogens with zero attached hydrogens (tertiary/aromatic N) is 11. The Morgan fingerprint density at radius 2 is 1.29 bits per heavy atom. The standard InChI is InChI=1S/C40H38N12O8S2/c1-48-36-26(17-43-48)7-5-9-31(36)47-61(53,54)33-21-51(35-16-29(12-14-42-35)40(58-4)24-60-25-40)46-38(33)52(32-10-6-8-27-18-44-49(2)37(27)32)62(55,56)30-19-45-50(20-30)34-15-28(11-13-41-34)39(57-3)22-59-23-39/h5-21,47H,22-25H2,1-4H3. The van der Waals surface area contributed by atoms with Crippen LogP contribution in [0.4, 0.5) is 17.2 Å². The molecule has 10 rings (SSSR count). The lowest BCUT2D eigenvalue weighted by molar-refractivity contribution is -0.202. The van der Waals surface area contributed by atoms with Crippen LogP contribution in [0.3, 0.4) is 0 Å². The molecule has 0 amide bonds. The number of rotatable bonds is 13. The first kappa shape index (κ1) is 39.6. The van der Waals surface area contributed by atoms with Crippen molar-refractivity contribution >= 4 is 59.0 Å². The number of aryl methyl sites for hydroxylation is 2. The van der Waals surface area contributed by atoms with E-state index in [4.69, 9.17) is 24.0 Å². The van der Waals surface area contributed by atoms with Gasteiger partial charge in [-0.3, -0.25) is 14.1 Å². The molecule has 2 aliphatic rings. The summed E-state index contributed by atoms with van der Waals surface area (Å²) in [7, 11) is -2.98. The highest BCUT2D eigenvalue weighted by atomic mass is 32.2. The van der Waals surface area contributed by atoms with Gasteiger partial charge in [-0.1, -0.05) is 24.3 Å². The predicted molar refractivity (Wildman–Crippen MR) is 223 cm³/mol.